The van der Waals surface area contributed by atoms with Gasteiger partial charge in [-0.3, -0.25) is 4.98 Å². The van der Waals surface area contributed by atoms with Gasteiger partial charge in [-0.2, -0.15) is 0 Å². The first-order chi connectivity index (χ1) is 33.7. The summed E-state index contributed by atoms with van der Waals surface area (Å²) >= 11 is -2.08. The summed E-state index contributed by atoms with van der Waals surface area (Å²) in [7, 11) is 0. The number of furan rings is 2. The van der Waals surface area contributed by atoms with Gasteiger partial charge in [0.25, 0.3) is 0 Å². The van der Waals surface area contributed by atoms with Crippen molar-refractivity contribution in [2.24, 2.45) is 5.92 Å². The van der Waals surface area contributed by atoms with Crippen molar-refractivity contribution >= 4 is 83.5 Å². The number of rotatable bonds is 8. The molecule has 5 aromatic heterocycles. The maximum Gasteiger partial charge on any atom is 0 e. The first-order valence-electron chi connectivity index (χ1n) is 25.1. The third kappa shape index (κ3) is 8.96. The van der Waals surface area contributed by atoms with Crippen LogP contribution < -0.4 is 4.40 Å². The summed E-state index contributed by atoms with van der Waals surface area (Å²) in [6.07, 6.45) is 2.81. The molecular formula is C60H57FGeIrN4O2-2. The minimum absolute atomic E-state index is 0. The van der Waals surface area contributed by atoms with Gasteiger partial charge < -0.3 is 13.4 Å². The van der Waals surface area contributed by atoms with Crippen LogP contribution in [-0.4, -0.2) is 32.8 Å². The number of hydrogen-bond acceptors (Lipinski definition) is 5. The molecule has 6 nitrogen and oxygen atoms in total. The second kappa shape index (κ2) is 18.8. The number of imidazole rings is 1. The summed E-state index contributed by atoms with van der Waals surface area (Å²) in [6, 6.07) is 42.7. The van der Waals surface area contributed by atoms with E-state index < -0.39 is 25.9 Å². The molecule has 0 amide bonds. The summed E-state index contributed by atoms with van der Waals surface area (Å²) in [5.41, 5.74) is 12.1. The van der Waals surface area contributed by atoms with Gasteiger partial charge in [0.05, 0.1) is 22.4 Å². The van der Waals surface area contributed by atoms with Gasteiger partial charge in [0.1, 0.15) is 11.2 Å². The zero-order chi connectivity index (χ0) is 50.3. The Bertz CT molecular complexity index is 3860. The summed E-state index contributed by atoms with van der Waals surface area (Å²) < 4.78 is 53.3. The van der Waals surface area contributed by atoms with E-state index in [1.807, 2.05) is 18.3 Å². The Morgan fingerprint density at radius 2 is 1.49 bits per heavy atom. The summed E-state index contributed by atoms with van der Waals surface area (Å²) in [4.78, 5) is 14.7. The molecule has 1 radical (unpaired) electrons. The van der Waals surface area contributed by atoms with Crippen LogP contribution in [0, 0.1) is 37.6 Å². The predicted octanol–water partition coefficient (Wildman–Crippen LogP) is 16.1. The monoisotopic (exact) mass is 1150 g/mol. The maximum atomic E-state index is 14.5. The molecule has 0 spiro atoms. The number of aryl methyl sites for hydroxylation is 2. The van der Waals surface area contributed by atoms with Crippen molar-refractivity contribution in [1.29, 1.82) is 0 Å². The summed E-state index contributed by atoms with van der Waals surface area (Å²) in [6.45, 7) is 12.8. The first-order valence-corrected chi connectivity index (χ1v) is 30.9. The van der Waals surface area contributed by atoms with E-state index in [1.54, 1.807) is 0 Å². The van der Waals surface area contributed by atoms with Gasteiger partial charge in [-0.1, -0.05) is 88.0 Å². The Hall–Kier alpha value is -5.93. The molecule has 5 heterocycles. The van der Waals surface area contributed by atoms with E-state index in [1.165, 1.54) is 21.6 Å². The van der Waals surface area contributed by atoms with Crippen molar-refractivity contribution < 1.29 is 37.4 Å². The number of pyridine rings is 2. The molecule has 69 heavy (non-hydrogen) atoms. The standard InChI is InChI=1S/C41H32N3O2.C19H25FGeN.Ir/c1-22(2)26-11-15-29-30-16-13-27(21-36(30)45-35(29)20-26)44-34-19-12-25-8-6-7-9-28(25)38(34)43-40(44)32-14-10-24(5)37-31-17-18-33(23(3)4)42-41(31)46-39(32)37;1-13(2)9-15-11-19(22-12-18(15)21(4,5)6)16-8-7-14(3)10-17(16)20;/h6-13,15-23H,1-5H3;7,10-13H,9H2,1-6H3;/q2*-1;/i;3D3;. The number of halogens is 1. The van der Waals surface area contributed by atoms with Crippen LogP contribution >= 0.6 is 0 Å². The Labute approximate surface area is 424 Å². The van der Waals surface area contributed by atoms with E-state index >= 15 is 0 Å². The van der Waals surface area contributed by atoms with E-state index in [-0.39, 0.29) is 31.2 Å². The largest absolute Gasteiger partial charge is 0 e. The topological polar surface area (TPSA) is 69.9 Å². The van der Waals surface area contributed by atoms with Crippen LogP contribution in [0.4, 0.5) is 4.39 Å². The molecule has 11 aromatic rings. The Morgan fingerprint density at radius 3 is 2.22 bits per heavy atom. The summed E-state index contributed by atoms with van der Waals surface area (Å²) in [5, 5.41) is 6.51. The van der Waals surface area contributed by atoms with Gasteiger partial charge >= 0.3 is 140 Å². The van der Waals surface area contributed by atoms with Crippen LogP contribution in [0.5, 0.6) is 0 Å². The Kier molecular flexibility index (Phi) is 12.0. The smallest absolute Gasteiger partial charge is 0 e. The fourth-order valence-corrected chi connectivity index (χ4v) is 12.8. The molecule has 0 atom stereocenters. The van der Waals surface area contributed by atoms with E-state index in [4.69, 9.17) is 22.9 Å². The number of hydrogen-bond donors (Lipinski definition) is 0. The number of aromatic nitrogens is 4. The van der Waals surface area contributed by atoms with Crippen LogP contribution in [0.3, 0.4) is 0 Å². The molecule has 11 rings (SSSR count). The molecule has 351 valence electrons. The van der Waals surface area contributed by atoms with Crippen molar-refractivity contribution in [3.8, 4) is 28.3 Å². The molecule has 6 aromatic carbocycles. The summed E-state index contributed by atoms with van der Waals surface area (Å²) in [5.74, 6) is 8.34. The average Bonchev–Trinajstić information content (AvgIpc) is 4.02. The number of nitrogens with zero attached hydrogens (tertiary/aromatic N) is 4. The Balaban J connectivity index is 0.000000210. The van der Waals surface area contributed by atoms with Crippen LogP contribution in [0.2, 0.25) is 17.3 Å². The van der Waals surface area contributed by atoms with E-state index in [0.29, 0.717) is 29.2 Å². The third-order valence-corrected chi connectivity index (χ3v) is 17.3. The molecule has 0 unspecified atom stereocenters. The molecule has 0 aliphatic heterocycles. The van der Waals surface area contributed by atoms with Crippen LogP contribution in [0.25, 0.3) is 94.1 Å². The van der Waals surface area contributed by atoms with Crippen LogP contribution in [-0.2, 0) is 26.5 Å². The average molecular weight is 1150 g/mol. The molecule has 0 saturated heterocycles. The van der Waals surface area contributed by atoms with Gasteiger partial charge in [-0.15, -0.1) is 17.7 Å². The van der Waals surface area contributed by atoms with Crippen LogP contribution in [0.1, 0.15) is 85.4 Å². The zero-order valence-corrected chi connectivity index (χ0v) is 45.2. The predicted molar refractivity (Wildman–Crippen MR) is 283 cm³/mol. The van der Waals surface area contributed by atoms with E-state index in [9.17, 15) is 4.39 Å². The maximum absolute atomic E-state index is 14.5. The minimum atomic E-state index is -2.34. The molecule has 0 saturated carbocycles. The third-order valence-electron chi connectivity index (χ3n) is 13.0. The minimum Gasteiger partial charge on any atom is 0 e. The molecule has 0 aliphatic rings. The number of benzene rings is 6. The van der Waals surface area contributed by atoms with Gasteiger partial charge in [0.15, 0.2) is 0 Å². The van der Waals surface area contributed by atoms with Gasteiger partial charge in [-0.25, -0.2) is 4.98 Å². The van der Waals surface area contributed by atoms with Crippen molar-refractivity contribution in [2.75, 3.05) is 0 Å². The quantitative estimate of drug-likeness (QED) is 0.112. The van der Waals surface area contributed by atoms with Crippen molar-refractivity contribution in [3.63, 3.8) is 0 Å². The fourth-order valence-electron chi connectivity index (χ4n) is 9.47. The second-order valence-electron chi connectivity index (χ2n) is 20.2. The molecule has 0 aliphatic carbocycles. The van der Waals surface area contributed by atoms with Crippen molar-refractivity contribution in [1.82, 2.24) is 19.5 Å². The molecule has 9 heteroatoms. The van der Waals surface area contributed by atoms with Crippen molar-refractivity contribution in [2.45, 2.75) is 90.8 Å². The fraction of sp³-hybridized carbons (Fsp3) is 0.250. The van der Waals surface area contributed by atoms with E-state index in [0.717, 1.165) is 101 Å². The van der Waals surface area contributed by atoms with Gasteiger partial charge in [0.2, 0.25) is 5.71 Å². The molecular weight excluding hydrogens is 1090 g/mol. The SMILES string of the molecule is Cc1c[c-]c(-c2nc3c4ccccc4ccc3n2-c2ccc3c(c2)oc2cc(C(C)C)ccc23)c2oc3nc(C(C)C)ccc3c12.[2H]C([2H])([2H])c1c[c-]c(-c2cc(CC(C)C)[c]([Ge]([CH3])([CH3])[CH3])cn2)c(F)c1.[Ir]. The van der Waals surface area contributed by atoms with Crippen molar-refractivity contribution in [3.05, 3.63) is 161 Å². The first kappa shape index (κ1) is 44.3. The molecule has 0 fully saturated rings. The molecule has 0 bridgehead atoms. The molecule has 0 N–H and O–H groups in total. The van der Waals surface area contributed by atoms with Gasteiger partial charge in [0, 0.05) is 59.1 Å². The number of fused-ring (bicyclic) bond motifs is 9. The normalized spacial score (nSPS) is 12.9. The van der Waals surface area contributed by atoms with Crippen LogP contribution in [0.15, 0.2) is 124 Å². The Morgan fingerprint density at radius 1 is 0.754 bits per heavy atom. The van der Waals surface area contributed by atoms with E-state index in [2.05, 4.69) is 172 Å². The van der Waals surface area contributed by atoms with Gasteiger partial charge in [-0.05, 0) is 59.2 Å². The second-order valence-corrected chi connectivity index (χ2v) is 30.8. The zero-order valence-electron chi connectivity index (χ0n) is 43.7.